The maximum Gasteiger partial charge on any atom is 0.243 e. The number of sulfonamides is 1. The van der Waals surface area contributed by atoms with Gasteiger partial charge in [0, 0.05) is 26.2 Å². The number of amides is 1. The van der Waals surface area contributed by atoms with E-state index in [1.807, 2.05) is 47.4 Å². The molecule has 2 fully saturated rings. The monoisotopic (exact) mass is 426 g/mol. The number of hydrogen-bond acceptors (Lipinski definition) is 3. The Hall–Kier alpha value is -2.18. The molecule has 2 aromatic carbocycles. The molecular weight excluding hydrogens is 396 g/mol. The summed E-state index contributed by atoms with van der Waals surface area (Å²) in [4.78, 5) is 15.2. The van der Waals surface area contributed by atoms with Gasteiger partial charge in [-0.1, -0.05) is 49.4 Å². The molecule has 2 aliphatic heterocycles. The quantitative estimate of drug-likeness (QED) is 0.742. The number of rotatable bonds is 4. The average Bonchev–Trinajstić information content (AvgIpc) is 2.80. The second-order valence-electron chi connectivity index (χ2n) is 8.60. The zero-order valence-electron chi connectivity index (χ0n) is 17.5. The Morgan fingerprint density at radius 3 is 2.17 bits per heavy atom. The first-order chi connectivity index (χ1) is 14.4. The van der Waals surface area contributed by atoms with Gasteiger partial charge >= 0.3 is 0 Å². The van der Waals surface area contributed by atoms with Crippen molar-refractivity contribution in [1.82, 2.24) is 9.21 Å². The van der Waals surface area contributed by atoms with Crippen LogP contribution in [0.2, 0.25) is 0 Å². The van der Waals surface area contributed by atoms with Gasteiger partial charge in [0.05, 0.1) is 10.8 Å². The van der Waals surface area contributed by atoms with Crippen molar-refractivity contribution < 1.29 is 13.2 Å². The van der Waals surface area contributed by atoms with E-state index in [2.05, 4.69) is 6.92 Å². The predicted octanol–water partition coefficient (Wildman–Crippen LogP) is 4.01. The highest BCUT2D eigenvalue weighted by Gasteiger charge is 2.35. The molecule has 0 N–H and O–H groups in total. The first kappa shape index (κ1) is 21.1. The van der Waals surface area contributed by atoms with Crippen LogP contribution in [0, 0.1) is 11.8 Å². The predicted molar refractivity (Wildman–Crippen MR) is 118 cm³/mol. The summed E-state index contributed by atoms with van der Waals surface area (Å²) in [7, 11) is -3.60. The van der Waals surface area contributed by atoms with E-state index in [0.29, 0.717) is 17.4 Å². The summed E-state index contributed by atoms with van der Waals surface area (Å²) in [5.41, 5.74) is 2.04. The third kappa shape index (κ3) is 4.44. The normalized spacial score (nSPS) is 21.5. The van der Waals surface area contributed by atoms with Gasteiger partial charge in [0.1, 0.15) is 0 Å². The topological polar surface area (TPSA) is 57.7 Å². The number of likely N-dealkylation sites (tertiary alicyclic amines) is 1. The molecule has 1 atom stereocenters. The first-order valence-electron chi connectivity index (χ1n) is 10.9. The van der Waals surface area contributed by atoms with E-state index in [1.165, 1.54) is 4.31 Å². The number of piperidine rings is 2. The van der Waals surface area contributed by atoms with Crippen LogP contribution >= 0.6 is 0 Å². The van der Waals surface area contributed by atoms with Crippen molar-refractivity contribution >= 4 is 15.9 Å². The van der Waals surface area contributed by atoms with E-state index in [4.69, 9.17) is 0 Å². The minimum absolute atomic E-state index is 0.126. The van der Waals surface area contributed by atoms with Crippen molar-refractivity contribution in [3.63, 3.8) is 0 Å². The maximum absolute atomic E-state index is 13.2. The lowest BCUT2D eigenvalue weighted by Crippen LogP contribution is -2.48. The molecule has 0 aromatic heterocycles. The van der Waals surface area contributed by atoms with Crippen LogP contribution in [-0.4, -0.2) is 49.7 Å². The summed E-state index contributed by atoms with van der Waals surface area (Å²) in [5, 5.41) is 0. The molecule has 0 saturated carbocycles. The SMILES string of the molecule is CC1CCN(C(=O)[C@@H]2CCCN(S(=O)(=O)c3ccc(-c4ccccc4)cc3)C2)CC1. The van der Waals surface area contributed by atoms with Crippen LogP contribution in [0.1, 0.15) is 32.6 Å². The molecule has 2 aliphatic rings. The van der Waals surface area contributed by atoms with Crippen LogP contribution in [0.15, 0.2) is 59.5 Å². The Labute approximate surface area is 179 Å². The summed E-state index contributed by atoms with van der Waals surface area (Å²) in [6, 6.07) is 17.0. The zero-order chi connectivity index (χ0) is 21.1. The Kier molecular flexibility index (Phi) is 6.25. The van der Waals surface area contributed by atoms with Gasteiger partial charge in [0.2, 0.25) is 15.9 Å². The zero-order valence-corrected chi connectivity index (χ0v) is 18.4. The van der Waals surface area contributed by atoms with E-state index in [9.17, 15) is 13.2 Å². The lowest BCUT2D eigenvalue weighted by atomic mass is 9.94. The molecule has 2 saturated heterocycles. The molecule has 160 valence electrons. The Morgan fingerprint density at radius 2 is 1.50 bits per heavy atom. The van der Waals surface area contributed by atoms with E-state index >= 15 is 0 Å². The highest BCUT2D eigenvalue weighted by Crippen LogP contribution is 2.28. The second-order valence-corrected chi connectivity index (χ2v) is 10.5. The van der Waals surface area contributed by atoms with Crippen LogP contribution in [0.5, 0.6) is 0 Å². The van der Waals surface area contributed by atoms with Crippen molar-refractivity contribution in [2.45, 2.75) is 37.5 Å². The number of carbonyl (C=O) groups excluding carboxylic acids is 1. The van der Waals surface area contributed by atoms with Crippen molar-refractivity contribution in [3.8, 4) is 11.1 Å². The van der Waals surface area contributed by atoms with Crippen LogP contribution in [0.4, 0.5) is 0 Å². The molecule has 2 aromatic rings. The van der Waals surface area contributed by atoms with Gasteiger partial charge in [0.15, 0.2) is 0 Å². The molecule has 1 amide bonds. The van der Waals surface area contributed by atoms with Crippen LogP contribution in [0.25, 0.3) is 11.1 Å². The van der Waals surface area contributed by atoms with Gasteiger partial charge in [-0.25, -0.2) is 8.42 Å². The summed E-state index contributed by atoms with van der Waals surface area (Å²) in [6.45, 7) is 4.57. The van der Waals surface area contributed by atoms with Crippen molar-refractivity contribution in [2.24, 2.45) is 11.8 Å². The van der Waals surface area contributed by atoms with E-state index in [1.54, 1.807) is 12.1 Å². The lowest BCUT2D eigenvalue weighted by Gasteiger charge is -2.36. The van der Waals surface area contributed by atoms with Crippen LogP contribution < -0.4 is 0 Å². The fraction of sp³-hybridized carbons (Fsp3) is 0.458. The number of benzene rings is 2. The standard InChI is InChI=1S/C24H30N2O3S/c1-19-13-16-25(17-14-19)24(27)22-8-5-15-26(18-22)30(28,29)23-11-9-21(10-12-23)20-6-3-2-4-7-20/h2-4,6-7,9-12,19,22H,5,8,13-18H2,1H3/t22-/m1/s1. The van der Waals surface area contributed by atoms with Gasteiger partial charge < -0.3 is 4.90 Å². The smallest absolute Gasteiger partial charge is 0.243 e. The first-order valence-corrected chi connectivity index (χ1v) is 12.3. The van der Waals surface area contributed by atoms with Crippen LogP contribution in [0.3, 0.4) is 0 Å². The van der Waals surface area contributed by atoms with Gasteiger partial charge in [-0.2, -0.15) is 4.31 Å². The minimum atomic E-state index is -3.60. The Morgan fingerprint density at radius 1 is 0.867 bits per heavy atom. The molecule has 5 nitrogen and oxygen atoms in total. The van der Waals surface area contributed by atoms with Gasteiger partial charge in [0.25, 0.3) is 0 Å². The molecule has 0 aliphatic carbocycles. The van der Waals surface area contributed by atoms with Crippen molar-refractivity contribution in [2.75, 3.05) is 26.2 Å². The summed E-state index contributed by atoms with van der Waals surface area (Å²) >= 11 is 0. The maximum atomic E-state index is 13.2. The minimum Gasteiger partial charge on any atom is -0.342 e. The second kappa shape index (κ2) is 8.90. The Balaban J connectivity index is 1.46. The molecule has 6 heteroatoms. The molecule has 0 radical (unpaired) electrons. The molecule has 0 spiro atoms. The van der Waals surface area contributed by atoms with Gasteiger partial charge in [-0.05, 0) is 54.9 Å². The molecule has 2 heterocycles. The van der Waals surface area contributed by atoms with Crippen molar-refractivity contribution in [3.05, 3.63) is 54.6 Å². The number of carbonyl (C=O) groups is 1. The van der Waals surface area contributed by atoms with E-state index in [0.717, 1.165) is 49.9 Å². The van der Waals surface area contributed by atoms with Crippen LogP contribution in [-0.2, 0) is 14.8 Å². The summed E-state index contributed by atoms with van der Waals surface area (Å²) < 4.78 is 28.0. The molecular formula is C24H30N2O3S. The molecule has 30 heavy (non-hydrogen) atoms. The number of hydrogen-bond donors (Lipinski definition) is 0. The molecule has 4 rings (SSSR count). The lowest BCUT2D eigenvalue weighted by molar-refractivity contribution is -0.138. The molecule has 0 unspecified atom stereocenters. The van der Waals surface area contributed by atoms with Gasteiger partial charge in [-0.15, -0.1) is 0 Å². The van der Waals surface area contributed by atoms with Crippen molar-refractivity contribution in [1.29, 1.82) is 0 Å². The third-order valence-electron chi connectivity index (χ3n) is 6.43. The third-order valence-corrected chi connectivity index (χ3v) is 8.31. The highest BCUT2D eigenvalue weighted by molar-refractivity contribution is 7.89. The Bertz CT molecular complexity index is 965. The fourth-order valence-electron chi connectivity index (χ4n) is 4.45. The number of nitrogens with zero attached hydrogens (tertiary/aromatic N) is 2. The average molecular weight is 427 g/mol. The fourth-order valence-corrected chi connectivity index (χ4v) is 5.97. The summed E-state index contributed by atoms with van der Waals surface area (Å²) in [5.74, 6) is 0.558. The van der Waals surface area contributed by atoms with E-state index in [-0.39, 0.29) is 18.4 Å². The summed E-state index contributed by atoms with van der Waals surface area (Å²) in [6.07, 6.45) is 3.56. The highest BCUT2D eigenvalue weighted by atomic mass is 32.2. The molecule has 0 bridgehead atoms. The van der Waals surface area contributed by atoms with Gasteiger partial charge in [-0.3, -0.25) is 4.79 Å². The largest absolute Gasteiger partial charge is 0.342 e. The van der Waals surface area contributed by atoms with E-state index < -0.39 is 10.0 Å².